The number of carbonyl (C=O) groups excluding carboxylic acids is 3. The van der Waals surface area contributed by atoms with Gasteiger partial charge in [-0.2, -0.15) is 4.37 Å². The van der Waals surface area contributed by atoms with Crippen LogP contribution in [0.3, 0.4) is 0 Å². The van der Waals surface area contributed by atoms with Crippen LogP contribution in [0.5, 0.6) is 0 Å². The molecule has 1 aromatic heterocycles. The van der Waals surface area contributed by atoms with Gasteiger partial charge in [0.05, 0.1) is 11.4 Å². The smallest absolute Gasteiger partial charge is 0.272 e. The quantitative estimate of drug-likeness (QED) is 0.305. The minimum Gasteiger partial charge on any atom is -0.395 e. The third kappa shape index (κ3) is 5.62. The molecule has 4 aromatic rings. The highest BCUT2D eigenvalue weighted by Crippen LogP contribution is 2.33. The van der Waals surface area contributed by atoms with E-state index in [0.717, 1.165) is 27.9 Å². The minimum atomic E-state index is -0.847. The van der Waals surface area contributed by atoms with Gasteiger partial charge in [-0.1, -0.05) is 80.6 Å². The van der Waals surface area contributed by atoms with E-state index in [1.807, 2.05) is 86.6 Å². The van der Waals surface area contributed by atoms with Gasteiger partial charge in [-0.15, -0.1) is 0 Å². The zero-order valence-electron chi connectivity index (χ0n) is 20.7. The first kappa shape index (κ1) is 25.8. The summed E-state index contributed by atoms with van der Waals surface area (Å²) in [5, 5.41) is 4.72. The van der Waals surface area contributed by atoms with E-state index in [4.69, 9.17) is 11.5 Å². The molecule has 8 nitrogen and oxygen atoms in total. The molecule has 0 saturated heterocycles. The molecule has 37 heavy (non-hydrogen) atoms. The molecule has 4 rings (SSSR count). The molecule has 9 heteroatoms. The van der Waals surface area contributed by atoms with E-state index in [2.05, 4.69) is 9.69 Å². The SMILES string of the molecule is CC(C)CC(C(=O)NCc1ccccc1)N(C(=O)c1snc(C(N)=O)c1N)c1cccc2ccccc12. The first-order valence-corrected chi connectivity index (χ1v) is 12.7. The number of nitrogens with zero attached hydrogens (tertiary/aromatic N) is 2. The van der Waals surface area contributed by atoms with Crippen molar-refractivity contribution >= 4 is 51.4 Å². The Morgan fingerprint density at radius 3 is 2.32 bits per heavy atom. The van der Waals surface area contributed by atoms with Gasteiger partial charge >= 0.3 is 0 Å². The molecule has 0 bridgehead atoms. The Morgan fingerprint density at radius 2 is 1.65 bits per heavy atom. The largest absolute Gasteiger partial charge is 0.395 e. The van der Waals surface area contributed by atoms with Crippen molar-refractivity contribution in [3.63, 3.8) is 0 Å². The molecular weight excluding hydrogens is 486 g/mol. The Labute approximate surface area is 219 Å². The normalized spacial score (nSPS) is 11.9. The second kappa shape index (κ2) is 11.2. The van der Waals surface area contributed by atoms with Gasteiger partial charge in [0.25, 0.3) is 11.8 Å². The van der Waals surface area contributed by atoms with Crippen LogP contribution in [0.15, 0.2) is 72.8 Å². The van der Waals surface area contributed by atoms with Crippen LogP contribution in [0, 0.1) is 5.92 Å². The van der Waals surface area contributed by atoms with Gasteiger partial charge in [-0.25, -0.2) is 0 Å². The Bertz CT molecular complexity index is 1430. The monoisotopic (exact) mass is 515 g/mol. The van der Waals surface area contributed by atoms with E-state index in [1.54, 1.807) is 0 Å². The maximum absolute atomic E-state index is 14.1. The first-order valence-electron chi connectivity index (χ1n) is 12.0. The lowest BCUT2D eigenvalue weighted by molar-refractivity contribution is -0.122. The number of nitrogens with two attached hydrogens (primary N) is 2. The fourth-order valence-electron chi connectivity index (χ4n) is 4.25. The summed E-state index contributed by atoms with van der Waals surface area (Å²) in [5.41, 5.74) is 12.8. The molecule has 1 atom stereocenters. The fourth-order valence-corrected chi connectivity index (χ4v) is 5.00. The van der Waals surface area contributed by atoms with E-state index >= 15 is 0 Å². The second-order valence-corrected chi connectivity index (χ2v) is 9.93. The molecule has 1 unspecified atom stereocenters. The number of amides is 3. The zero-order chi connectivity index (χ0) is 26.5. The molecule has 3 amide bonds. The lowest BCUT2D eigenvalue weighted by Gasteiger charge is -2.33. The first-order chi connectivity index (χ1) is 17.8. The predicted octanol–water partition coefficient (Wildman–Crippen LogP) is 4.36. The summed E-state index contributed by atoms with van der Waals surface area (Å²) < 4.78 is 4.01. The molecule has 0 aliphatic heterocycles. The maximum Gasteiger partial charge on any atom is 0.272 e. The lowest BCUT2D eigenvalue weighted by atomic mass is 9.98. The molecular formula is C28H29N5O3S. The van der Waals surface area contributed by atoms with Crippen LogP contribution in [0.1, 0.15) is 46.0 Å². The van der Waals surface area contributed by atoms with Gasteiger partial charge in [0.15, 0.2) is 5.69 Å². The van der Waals surface area contributed by atoms with Gasteiger partial charge in [-0.05, 0) is 40.9 Å². The summed E-state index contributed by atoms with van der Waals surface area (Å²) in [6.45, 7) is 4.31. The topological polar surface area (TPSA) is 131 Å². The minimum absolute atomic E-state index is 0.0614. The van der Waals surface area contributed by atoms with E-state index in [-0.39, 0.29) is 28.1 Å². The third-order valence-electron chi connectivity index (χ3n) is 6.02. The van der Waals surface area contributed by atoms with Crippen LogP contribution in [-0.2, 0) is 11.3 Å². The highest BCUT2D eigenvalue weighted by atomic mass is 32.1. The number of aromatic nitrogens is 1. The van der Waals surface area contributed by atoms with E-state index < -0.39 is 17.9 Å². The van der Waals surface area contributed by atoms with Crippen molar-refractivity contribution in [1.82, 2.24) is 9.69 Å². The molecule has 0 saturated carbocycles. The van der Waals surface area contributed by atoms with Crippen molar-refractivity contribution in [3.05, 3.63) is 88.9 Å². The molecule has 0 fully saturated rings. The number of hydrogen-bond acceptors (Lipinski definition) is 6. The Balaban J connectivity index is 1.82. The number of carbonyl (C=O) groups is 3. The molecule has 0 radical (unpaired) electrons. The van der Waals surface area contributed by atoms with Crippen molar-refractivity contribution in [2.24, 2.45) is 11.7 Å². The average molecular weight is 516 g/mol. The molecule has 1 heterocycles. The number of nitrogens with one attached hydrogen (secondary N) is 1. The summed E-state index contributed by atoms with van der Waals surface area (Å²) in [4.78, 5) is 41.2. The Morgan fingerprint density at radius 1 is 0.973 bits per heavy atom. The van der Waals surface area contributed by atoms with Gasteiger partial charge in [0, 0.05) is 11.9 Å². The van der Waals surface area contributed by atoms with Crippen molar-refractivity contribution in [1.29, 1.82) is 0 Å². The maximum atomic E-state index is 14.1. The number of hydrogen-bond donors (Lipinski definition) is 3. The van der Waals surface area contributed by atoms with Crippen molar-refractivity contribution < 1.29 is 14.4 Å². The van der Waals surface area contributed by atoms with Crippen LogP contribution in [-0.4, -0.2) is 28.1 Å². The van der Waals surface area contributed by atoms with Crippen LogP contribution < -0.4 is 21.7 Å². The molecule has 5 N–H and O–H groups in total. The zero-order valence-corrected chi connectivity index (χ0v) is 21.5. The van der Waals surface area contributed by atoms with Crippen molar-refractivity contribution in [2.75, 3.05) is 10.6 Å². The summed E-state index contributed by atoms with van der Waals surface area (Å²) in [6.07, 6.45) is 0.400. The number of fused-ring (bicyclic) bond motifs is 1. The molecule has 0 aliphatic rings. The van der Waals surface area contributed by atoms with Crippen LogP contribution in [0.2, 0.25) is 0 Å². The third-order valence-corrected chi connectivity index (χ3v) is 6.87. The van der Waals surface area contributed by atoms with Crippen LogP contribution >= 0.6 is 11.5 Å². The molecule has 0 spiro atoms. The Kier molecular flexibility index (Phi) is 7.83. The van der Waals surface area contributed by atoms with E-state index in [0.29, 0.717) is 18.7 Å². The average Bonchev–Trinajstić information content (AvgIpc) is 3.28. The standard InChI is InChI=1S/C28H29N5O3S/c1-17(2)15-22(27(35)31-16-18-9-4-3-5-10-18)33(21-14-8-12-19-11-6-7-13-20(19)21)28(36)25-23(29)24(26(30)34)32-37-25/h3-14,17,22H,15-16,29H2,1-2H3,(H2,30,34)(H,31,35). The van der Waals surface area contributed by atoms with Gasteiger partial charge < -0.3 is 16.8 Å². The fraction of sp³-hybridized carbons (Fsp3) is 0.214. The highest BCUT2D eigenvalue weighted by molar-refractivity contribution is 7.09. The number of nitrogen functional groups attached to an aromatic ring is 1. The number of anilines is 2. The summed E-state index contributed by atoms with van der Waals surface area (Å²) in [6, 6.07) is 22.0. The summed E-state index contributed by atoms with van der Waals surface area (Å²) in [7, 11) is 0. The highest BCUT2D eigenvalue weighted by Gasteiger charge is 2.35. The van der Waals surface area contributed by atoms with Gasteiger partial charge in [0.2, 0.25) is 5.91 Å². The lowest BCUT2D eigenvalue weighted by Crippen LogP contribution is -2.50. The van der Waals surface area contributed by atoms with Crippen LogP contribution in [0.25, 0.3) is 10.8 Å². The molecule has 190 valence electrons. The second-order valence-electron chi connectivity index (χ2n) is 9.16. The van der Waals surface area contributed by atoms with Crippen molar-refractivity contribution in [2.45, 2.75) is 32.9 Å². The van der Waals surface area contributed by atoms with Gasteiger partial charge in [0.1, 0.15) is 10.9 Å². The van der Waals surface area contributed by atoms with E-state index in [1.165, 1.54) is 4.90 Å². The van der Waals surface area contributed by atoms with Gasteiger partial charge in [-0.3, -0.25) is 19.3 Å². The number of primary amides is 1. The van der Waals surface area contributed by atoms with E-state index in [9.17, 15) is 14.4 Å². The summed E-state index contributed by atoms with van der Waals surface area (Å²) >= 11 is 0.800. The number of benzene rings is 3. The molecule has 3 aromatic carbocycles. The van der Waals surface area contributed by atoms with Crippen LogP contribution in [0.4, 0.5) is 11.4 Å². The predicted molar refractivity (Wildman–Crippen MR) is 147 cm³/mol. The van der Waals surface area contributed by atoms with Crippen molar-refractivity contribution in [3.8, 4) is 0 Å². The number of rotatable bonds is 9. The Hall–Kier alpha value is -4.24. The molecule has 0 aliphatic carbocycles. The summed E-state index contributed by atoms with van der Waals surface area (Å²) in [5.74, 6) is -1.53.